The van der Waals surface area contributed by atoms with E-state index in [1.54, 1.807) is 0 Å². The summed E-state index contributed by atoms with van der Waals surface area (Å²) >= 11 is 0. The first-order chi connectivity index (χ1) is 9.14. The first-order valence-electron chi connectivity index (χ1n) is 8.24. The molecule has 1 heterocycles. The molecular weight excluding hydrogens is 236 g/mol. The van der Waals surface area contributed by atoms with Crippen LogP contribution in [0.2, 0.25) is 0 Å². The number of carbonyl (C=O) groups excluding carboxylic acids is 1. The zero-order valence-corrected chi connectivity index (χ0v) is 12.5. The highest BCUT2D eigenvalue weighted by atomic mass is 16.2. The molecule has 3 rings (SSSR count). The van der Waals surface area contributed by atoms with Gasteiger partial charge < -0.3 is 4.90 Å². The summed E-state index contributed by atoms with van der Waals surface area (Å²) in [4.78, 5) is 15.1. The zero-order valence-electron chi connectivity index (χ0n) is 12.5. The lowest BCUT2D eigenvalue weighted by Crippen LogP contribution is -2.47. The van der Waals surface area contributed by atoms with Gasteiger partial charge in [0, 0.05) is 6.04 Å². The molecule has 2 unspecified atom stereocenters. The Labute approximate surface area is 117 Å². The molecule has 3 nitrogen and oxygen atoms in total. The van der Waals surface area contributed by atoms with Crippen molar-refractivity contribution in [2.24, 2.45) is 5.92 Å². The molecule has 3 heteroatoms. The van der Waals surface area contributed by atoms with Gasteiger partial charge in [0.15, 0.2) is 0 Å². The number of rotatable bonds is 2. The van der Waals surface area contributed by atoms with E-state index in [-0.39, 0.29) is 11.7 Å². The maximum Gasteiger partial charge on any atom is 0.244 e. The average Bonchev–Trinajstić information content (AvgIpc) is 2.97. The van der Waals surface area contributed by atoms with Crippen LogP contribution in [0, 0.1) is 5.92 Å². The number of carbonyl (C=O) groups is 1. The van der Waals surface area contributed by atoms with Crippen molar-refractivity contribution in [3.05, 3.63) is 0 Å². The second kappa shape index (κ2) is 5.08. The maximum atomic E-state index is 12.9. The molecule has 2 aliphatic carbocycles. The molecule has 0 bridgehead atoms. The van der Waals surface area contributed by atoms with Gasteiger partial charge in [-0.3, -0.25) is 10.1 Å². The van der Waals surface area contributed by atoms with Crippen LogP contribution in [0.1, 0.15) is 71.6 Å². The Hall–Kier alpha value is -0.570. The van der Waals surface area contributed by atoms with E-state index in [2.05, 4.69) is 24.1 Å². The SMILES string of the molecule is CC1NC2(CCCC2)C(=O)N1C(C)C1CCCCC1. The summed E-state index contributed by atoms with van der Waals surface area (Å²) in [6.07, 6.45) is 11.4. The number of hydrogen-bond acceptors (Lipinski definition) is 2. The molecule has 0 aromatic rings. The van der Waals surface area contributed by atoms with Gasteiger partial charge in [0.2, 0.25) is 5.91 Å². The van der Waals surface area contributed by atoms with Crippen molar-refractivity contribution >= 4 is 5.91 Å². The van der Waals surface area contributed by atoms with E-state index in [4.69, 9.17) is 0 Å². The molecule has 19 heavy (non-hydrogen) atoms. The quantitative estimate of drug-likeness (QED) is 0.831. The first kappa shape index (κ1) is 13.4. The summed E-state index contributed by atoms with van der Waals surface area (Å²) in [5.41, 5.74) is -0.192. The number of nitrogens with zero attached hydrogens (tertiary/aromatic N) is 1. The Kier molecular flexibility index (Phi) is 3.59. The van der Waals surface area contributed by atoms with Gasteiger partial charge in [-0.05, 0) is 45.4 Å². The average molecular weight is 264 g/mol. The monoisotopic (exact) mass is 264 g/mol. The fraction of sp³-hybridized carbons (Fsp3) is 0.938. The van der Waals surface area contributed by atoms with Crippen molar-refractivity contribution in [1.82, 2.24) is 10.2 Å². The van der Waals surface area contributed by atoms with Crippen molar-refractivity contribution in [2.45, 2.75) is 89.4 Å². The second-order valence-electron chi connectivity index (χ2n) is 6.96. The van der Waals surface area contributed by atoms with Gasteiger partial charge in [-0.1, -0.05) is 32.1 Å². The standard InChI is InChI=1S/C16H28N2O/c1-12(14-8-4-3-5-9-14)18-13(2)17-16(15(18)19)10-6-7-11-16/h12-14,17H,3-11H2,1-2H3. The minimum atomic E-state index is -0.192. The van der Waals surface area contributed by atoms with Gasteiger partial charge in [0.1, 0.15) is 0 Å². The molecule has 108 valence electrons. The molecule has 1 aliphatic heterocycles. The molecule has 3 fully saturated rings. The van der Waals surface area contributed by atoms with E-state index < -0.39 is 0 Å². The predicted octanol–water partition coefficient (Wildman–Crippen LogP) is 3.05. The second-order valence-corrected chi connectivity index (χ2v) is 6.96. The Balaban J connectivity index is 1.74. The van der Waals surface area contributed by atoms with Crippen molar-refractivity contribution in [3.8, 4) is 0 Å². The zero-order chi connectivity index (χ0) is 13.5. The molecule has 1 saturated heterocycles. The molecule has 2 saturated carbocycles. The molecule has 1 N–H and O–H groups in total. The molecule has 0 radical (unpaired) electrons. The van der Waals surface area contributed by atoms with Gasteiger partial charge >= 0.3 is 0 Å². The summed E-state index contributed by atoms with van der Waals surface area (Å²) in [6, 6.07) is 0.412. The highest BCUT2D eigenvalue weighted by Gasteiger charge is 2.52. The van der Waals surface area contributed by atoms with E-state index in [1.165, 1.54) is 44.9 Å². The van der Waals surface area contributed by atoms with E-state index in [1.807, 2.05) is 0 Å². The lowest BCUT2D eigenvalue weighted by molar-refractivity contribution is -0.136. The van der Waals surface area contributed by atoms with Crippen molar-refractivity contribution < 1.29 is 4.79 Å². The van der Waals surface area contributed by atoms with Crippen LogP contribution in [0.4, 0.5) is 0 Å². The van der Waals surface area contributed by atoms with Gasteiger partial charge in [0.25, 0.3) is 0 Å². The molecule has 2 atom stereocenters. The van der Waals surface area contributed by atoms with Crippen molar-refractivity contribution in [2.75, 3.05) is 0 Å². The van der Waals surface area contributed by atoms with E-state index in [9.17, 15) is 4.79 Å². The van der Waals surface area contributed by atoms with E-state index in [0.29, 0.717) is 11.9 Å². The normalized spacial score (nSPS) is 33.3. The third-order valence-electron chi connectivity index (χ3n) is 5.77. The maximum absolute atomic E-state index is 12.9. The Morgan fingerprint density at radius 2 is 1.79 bits per heavy atom. The van der Waals surface area contributed by atoms with Crippen LogP contribution in [0.15, 0.2) is 0 Å². The fourth-order valence-electron chi connectivity index (χ4n) is 4.67. The van der Waals surface area contributed by atoms with Crippen LogP contribution < -0.4 is 5.32 Å². The summed E-state index contributed by atoms with van der Waals surface area (Å²) in [5, 5.41) is 3.63. The Bertz CT molecular complexity index is 343. The Morgan fingerprint density at radius 1 is 1.16 bits per heavy atom. The summed E-state index contributed by atoms with van der Waals surface area (Å²) in [5.74, 6) is 1.12. The van der Waals surface area contributed by atoms with Crippen molar-refractivity contribution in [3.63, 3.8) is 0 Å². The molecule has 3 aliphatic rings. The van der Waals surface area contributed by atoms with Crippen LogP contribution in [-0.4, -0.2) is 28.6 Å². The smallest absolute Gasteiger partial charge is 0.244 e. The van der Waals surface area contributed by atoms with Gasteiger partial charge in [-0.25, -0.2) is 0 Å². The predicted molar refractivity (Wildman–Crippen MR) is 76.7 cm³/mol. The lowest BCUT2D eigenvalue weighted by Gasteiger charge is -2.36. The van der Waals surface area contributed by atoms with Crippen LogP contribution in [0.25, 0.3) is 0 Å². The third-order valence-corrected chi connectivity index (χ3v) is 5.77. The largest absolute Gasteiger partial charge is 0.323 e. The summed E-state index contributed by atoms with van der Waals surface area (Å²) in [6.45, 7) is 4.45. The number of hydrogen-bond donors (Lipinski definition) is 1. The van der Waals surface area contributed by atoms with Gasteiger partial charge in [0.05, 0.1) is 11.7 Å². The van der Waals surface area contributed by atoms with Gasteiger partial charge in [-0.2, -0.15) is 0 Å². The molecule has 1 amide bonds. The molecule has 0 aromatic carbocycles. The molecule has 0 aromatic heterocycles. The van der Waals surface area contributed by atoms with Gasteiger partial charge in [-0.15, -0.1) is 0 Å². The highest BCUT2D eigenvalue weighted by molar-refractivity contribution is 5.89. The van der Waals surface area contributed by atoms with E-state index >= 15 is 0 Å². The highest BCUT2D eigenvalue weighted by Crippen LogP contribution is 2.39. The first-order valence-corrected chi connectivity index (χ1v) is 8.24. The minimum Gasteiger partial charge on any atom is -0.323 e. The number of amides is 1. The molecular formula is C16H28N2O. The topological polar surface area (TPSA) is 32.3 Å². The molecule has 1 spiro atoms. The van der Waals surface area contributed by atoms with Crippen LogP contribution in [-0.2, 0) is 4.79 Å². The van der Waals surface area contributed by atoms with Crippen LogP contribution >= 0.6 is 0 Å². The van der Waals surface area contributed by atoms with Crippen molar-refractivity contribution in [1.29, 1.82) is 0 Å². The fourth-order valence-corrected chi connectivity index (χ4v) is 4.67. The minimum absolute atomic E-state index is 0.192. The van der Waals surface area contributed by atoms with E-state index in [0.717, 1.165) is 18.8 Å². The van der Waals surface area contributed by atoms with Crippen LogP contribution in [0.5, 0.6) is 0 Å². The third kappa shape index (κ3) is 2.20. The summed E-state index contributed by atoms with van der Waals surface area (Å²) < 4.78 is 0. The Morgan fingerprint density at radius 3 is 2.42 bits per heavy atom. The number of nitrogens with one attached hydrogen (secondary N) is 1. The summed E-state index contributed by atoms with van der Waals surface area (Å²) in [7, 11) is 0. The lowest BCUT2D eigenvalue weighted by atomic mass is 9.83. The van der Waals surface area contributed by atoms with Crippen LogP contribution in [0.3, 0.4) is 0 Å².